The Morgan fingerprint density at radius 2 is 1.76 bits per heavy atom. The summed E-state index contributed by atoms with van der Waals surface area (Å²) in [5.74, 6) is 2.33. The lowest BCUT2D eigenvalue weighted by Crippen LogP contribution is -2.05. The van der Waals surface area contributed by atoms with Gasteiger partial charge in [0.25, 0.3) is 0 Å². The van der Waals surface area contributed by atoms with Crippen LogP contribution in [0.3, 0.4) is 0 Å². The Hall–Kier alpha value is -3.27. The molecule has 0 amide bonds. The second kappa shape index (κ2) is 7.28. The molecule has 4 aromatic rings. The van der Waals surface area contributed by atoms with Crippen molar-refractivity contribution in [3.8, 4) is 17.0 Å². The molecule has 4 heteroatoms. The highest BCUT2D eigenvalue weighted by Gasteiger charge is 2.40. The van der Waals surface area contributed by atoms with Crippen molar-refractivity contribution < 1.29 is 4.74 Å². The minimum atomic E-state index is 0.463. The summed E-state index contributed by atoms with van der Waals surface area (Å²) < 4.78 is 6.19. The number of hydrogen-bond acceptors (Lipinski definition) is 4. The van der Waals surface area contributed by atoms with Gasteiger partial charge in [0.05, 0.1) is 17.7 Å². The second-order valence-electron chi connectivity index (χ2n) is 7.84. The molecule has 2 unspecified atom stereocenters. The molecule has 2 heterocycles. The number of benzene rings is 2. The van der Waals surface area contributed by atoms with Crippen LogP contribution in [0.4, 0.5) is 0 Å². The highest BCUT2D eigenvalue weighted by Crippen LogP contribution is 2.47. The van der Waals surface area contributed by atoms with E-state index in [0.717, 1.165) is 34.6 Å². The average molecular weight is 381 g/mol. The van der Waals surface area contributed by atoms with Crippen LogP contribution >= 0.6 is 0 Å². The van der Waals surface area contributed by atoms with Crippen molar-refractivity contribution in [2.75, 3.05) is 6.61 Å². The zero-order valence-electron chi connectivity index (χ0n) is 16.7. The van der Waals surface area contributed by atoms with Crippen molar-refractivity contribution in [3.63, 3.8) is 0 Å². The second-order valence-corrected chi connectivity index (χ2v) is 7.84. The molecule has 4 nitrogen and oxygen atoms in total. The normalized spacial score (nSPS) is 18.0. The number of rotatable bonds is 5. The number of aromatic nitrogens is 3. The molecule has 1 aliphatic carbocycles. The number of fused-ring (bicyclic) bond motifs is 1. The molecule has 0 radical (unpaired) electrons. The van der Waals surface area contributed by atoms with Crippen LogP contribution in [0.25, 0.3) is 22.0 Å². The first-order valence-electron chi connectivity index (χ1n) is 10.1. The fourth-order valence-electron chi connectivity index (χ4n) is 3.76. The topological polar surface area (TPSA) is 47.9 Å². The first-order chi connectivity index (χ1) is 14.2. The summed E-state index contributed by atoms with van der Waals surface area (Å²) in [6, 6.07) is 21.0. The van der Waals surface area contributed by atoms with Crippen LogP contribution in [-0.4, -0.2) is 21.6 Å². The Morgan fingerprint density at radius 1 is 0.931 bits per heavy atom. The van der Waals surface area contributed by atoms with E-state index in [4.69, 9.17) is 9.72 Å². The largest absolute Gasteiger partial charge is 0.477 e. The number of pyridine rings is 1. The number of aryl methyl sites for hydroxylation is 2. The van der Waals surface area contributed by atoms with Crippen LogP contribution in [0.15, 0.2) is 66.9 Å². The van der Waals surface area contributed by atoms with Crippen LogP contribution in [0.2, 0.25) is 0 Å². The Labute approximate surface area is 170 Å². The maximum atomic E-state index is 6.19. The van der Waals surface area contributed by atoms with E-state index in [0.29, 0.717) is 24.3 Å². The number of nitrogens with zero attached hydrogens (tertiary/aromatic N) is 3. The first-order valence-corrected chi connectivity index (χ1v) is 10.1. The zero-order valence-corrected chi connectivity index (χ0v) is 16.7. The maximum Gasteiger partial charge on any atom is 0.224 e. The fourth-order valence-corrected chi connectivity index (χ4v) is 3.76. The molecule has 1 aliphatic rings. The van der Waals surface area contributed by atoms with Gasteiger partial charge in [-0.3, -0.25) is 4.98 Å². The molecular weight excluding hydrogens is 358 g/mol. The van der Waals surface area contributed by atoms with E-state index >= 15 is 0 Å². The fraction of sp³-hybridized carbons (Fsp3) is 0.240. The van der Waals surface area contributed by atoms with Crippen molar-refractivity contribution in [1.82, 2.24) is 15.0 Å². The van der Waals surface area contributed by atoms with Gasteiger partial charge in [-0.25, -0.2) is 4.98 Å². The SMILES string of the molecule is Cc1ccc(-c2cnc(C)nc2OCC2CC2c2ccc3ccccc3n2)cc1. The molecule has 0 N–H and O–H groups in total. The van der Waals surface area contributed by atoms with Gasteiger partial charge in [-0.05, 0) is 38.0 Å². The third-order valence-electron chi connectivity index (χ3n) is 5.59. The summed E-state index contributed by atoms with van der Waals surface area (Å²) in [7, 11) is 0. The summed E-state index contributed by atoms with van der Waals surface area (Å²) >= 11 is 0. The van der Waals surface area contributed by atoms with E-state index in [1.165, 1.54) is 10.9 Å². The van der Waals surface area contributed by atoms with E-state index in [9.17, 15) is 0 Å². The molecular formula is C25H23N3O. The Balaban J connectivity index is 1.32. The lowest BCUT2D eigenvalue weighted by Gasteiger charge is -2.11. The van der Waals surface area contributed by atoms with Crippen LogP contribution in [-0.2, 0) is 0 Å². The van der Waals surface area contributed by atoms with Crippen molar-refractivity contribution in [2.24, 2.45) is 5.92 Å². The van der Waals surface area contributed by atoms with E-state index in [2.05, 4.69) is 65.4 Å². The lowest BCUT2D eigenvalue weighted by atomic mass is 10.1. The Kier molecular flexibility index (Phi) is 4.47. The molecule has 0 aliphatic heterocycles. The molecule has 2 aromatic heterocycles. The van der Waals surface area contributed by atoms with Crippen molar-refractivity contribution in [1.29, 1.82) is 0 Å². The van der Waals surface area contributed by atoms with Gasteiger partial charge in [0, 0.05) is 29.1 Å². The van der Waals surface area contributed by atoms with Crippen LogP contribution < -0.4 is 4.74 Å². The van der Waals surface area contributed by atoms with Gasteiger partial charge in [0.1, 0.15) is 5.82 Å². The summed E-state index contributed by atoms with van der Waals surface area (Å²) in [5.41, 5.74) is 5.47. The summed E-state index contributed by atoms with van der Waals surface area (Å²) in [6.07, 6.45) is 2.97. The molecule has 1 saturated carbocycles. The lowest BCUT2D eigenvalue weighted by molar-refractivity contribution is 0.285. The van der Waals surface area contributed by atoms with E-state index in [1.54, 1.807) is 0 Å². The predicted octanol–water partition coefficient (Wildman–Crippen LogP) is 5.49. The molecule has 2 aromatic carbocycles. The maximum absolute atomic E-state index is 6.19. The van der Waals surface area contributed by atoms with Crippen LogP contribution in [0.5, 0.6) is 5.88 Å². The van der Waals surface area contributed by atoms with Crippen LogP contribution in [0, 0.1) is 19.8 Å². The third kappa shape index (κ3) is 3.70. The smallest absolute Gasteiger partial charge is 0.224 e. The van der Waals surface area contributed by atoms with Crippen molar-refractivity contribution >= 4 is 10.9 Å². The standard InChI is InChI=1S/C25H23N3O/c1-16-7-9-18(10-8-16)22-14-26-17(2)27-25(22)29-15-20-13-21(20)24-12-11-19-5-3-4-6-23(19)28-24/h3-12,14,20-21H,13,15H2,1-2H3. The zero-order chi connectivity index (χ0) is 19.8. The summed E-state index contributed by atoms with van der Waals surface area (Å²) in [6.45, 7) is 4.63. The monoisotopic (exact) mass is 381 g/mol. The molecule has 5 rings (SSSR count). The van der Waals surface area contributed by atoms with Gasteiger partial charge in [0.2, 0.25) is 5.88 Å². The minimum Gasteiger partial charge on any atom is -0.477 e. The average Bonchev–Trinajstić information content (AvgIpc) is 3.52. The Bertz CT molecular complexity index is 1170. The van der Waals surface area contributed by atoms with Gasteiger partial charge < -0.3 is 4.74 Å². The number of ether oxygens (including phenoxy) is 1. The van der Waals surface area contributed by atoms with Crippen molar-refractivity contribution in [2.45, 2.75) is 26.2 Å². The summed E-state index contributed by atoms with van der Waals surface area (Å²) in [4.78, 5) is 13.8. The summed E-state index contributed by atoms with van der Waals surface area (Å²) in [5, 5.41) is 1.18. The van der Waals surface area contributed by atoms with Gasteiger partial charge >= 0.3 is 0 Å². The molecule has 2 atom stereocenters. The van der Waals surface area contributed by atoms with Gasteiger partial charge in [-0.1, -0.05) is 54.1 Å². The quantitative estimate of drug-likeness (QED) is 0.458. The van der Waals surface area contributed by atoms with E-state index < -0.39 is 0 Å². The van der Waals surface area contributed by atoms with Gasteiger partial charge in [0.15, 0.2) is 0 Å². The van der Waals surface area contributed by atoms with Gasteiger partial charge in [-0.2, -0.15) is 4.98 Å². The van der Waals surface area contributed by atoms with E-state index in [1.807, 2.05) is 25.3 Å². The number of hydrogen-bond donors (Lipinski definition) is 0. The predicted molar refractivity (Wildman–Crippen MR) is 115 cm³/mol. The Morgan fingerprint density at radius 3 is 2.62 bits per heavy atom. The van der Waals surface area contributed by atoms with E-state index in [-0.39, 0.29) is 0 Å². The molecule has 0 bridgehead atoms. The van der Waals surface area contributed by atoms with Gasteiger partial charge in [-0.15, -0.1) is 0 Å². The molecule has 0 saturated heterocycles. The van der Waals surface area contributed by atoms with Crippen LogP contribution in [0.1, 0.15) is 29.4 Å². The minimum absolute atomic E-state index is 0.463. The third-order valence-corrected chi connectivity index (χ3v) is 5.59. The highest BCUT2D eigenvalue weighted by molar-refractivity contribution is 5.78. The molecule has 144 valence electrons. The van der Waals surface area contributed by atoms with Crippen molar-refractivity contribution in [3.05, 3.63) is 83.9 Å². The number of para-hydroxylation sites is 1. The first kappa shape index (κ1) is 17.8. The highest BCUT2D eigenvalue weighted by atomic mass is 16.5. The molecule has 0 spiro atoms. The molecule has 1 fully saturated rings. The molecule has 29 heavy (non-hydrogen) atoms.